The minimum atomic E-state index is 0.136. The molecule has 1 amide bonds. The zero-order chi connectivity index (χ0) is 13.9. The summed E-state index contributed by atoms with van der Waals surface area (Å²) in [6.45, 7) is 4.28. The maximum atomic E-state index is 11.7. The second kappa shape index (κ2) is 9.60. The van der Waals surface area contributed by atoms with Crippen molar-refractivity contribution >= 4 is 11.6 Å². The van der Waals surface area contributed by atoms with Crippen molar-refractivity contribution in [1.82, 2.24) is 0 Å². The summed E-state index contributed by atoms with van der Waals surface area (Å²) in [5, 5.41) is 2.94. The highest BCUT2D eigenvalue weighted by Gasteiger charge is 2.01. The van der Waals surface area contributed by atoms with E-state index in [2.05, 4.69) is 12.2 Å². The summed E-state index contributed by atoms with van der Waals surface area (Å²) in [4.78, 5) is 11.7. The fourth-order valence-electron chi connectivity index (χ4n) is 2.10. The van der Waals surface area contributed by atoms with Gasteiger partial charge in [0.2, 0.25) is 5.91 Å². The number of benzene rings is 1. The molecule has 0 saturated carbocycles. The number of carbonyl (C=O) groups is 1. The van der Waals surface area contributed by atoms with Crippen LogP contribution in [0.3, 0.4) is 0 Å². The van der Waals surface area contributed by atoms with Gasteiger partial charge in [0.05, 0.1) is 0 Å². The van der Waals surface area contributed by atoms with Gasteiger partial charge in [0.25, 0.3) is 0 Å². The number of unbranched alkanes of at least 4 members (excludes halogenated alkanes) is 6. The number of rotatable bonds is 9. The average molecular weight is 261 g/mol. The molecule has 106 valence electrons. The first kappa shape index (κ1) is 15.7. The zero-order valence-electron chi connectivity index (χ0n) is 12.4. The third kappa shape index (κ3) is 7.66. The summed E-state index contributed by atoms with van der Waals surface area (Å²) in [7, 11) is 0. The molecule has 0 spiro atoms. The van der Waals surface area contributed by atoms with E-state index in [0.29, 0.717) is 6.42 Å². The molecule has 1 aromatic carbocycles. The van der Waals surface area contributed by atoms with Crippen LogP contribution in [0.15, 0.2) is 24.3 Å². The topological polar surface area (TPSA) is 29.1 Å². The number of amides is 1. The molecule has 1 aromatic rings. The molecule has 0 heterocycles. The van der Waals surface area contributed by atoms with Crippen LogP contribution in [-0.2, 0) is 4.79 Å². The van der Waals surface area contributed by atoms with Crippen LogP contribution in [0.4, 0.5) is 5.69 Å². The lowest BCUT2D eigenvalue weighted by molar-refractivity contribution is -0.116. The molecule has 19 heavy (non-hydrogen) atoms. The summed E-state index contributed by atoms with van der Waals surface area (Å²) in [5.74, 6) is 0.136. The molecule has 0 aromatic heterocycles. The number of carbonyl (C=O) groups excluding carboxylic acids is 1. The third-order valence-electron chi connectivity index (χ3n) is 3.34. The van der Waals surface area contributed by atoms with Crippen molar-refractivity contribution in [2.45, 2.75) is 65.2 Å². The van der Waals surface area contributed by atoms with E-state index in [-0.39, 0.29) is 5.91 Å². The Morgan fingerprint density at radius 3 is 2.16 bits per heavy atom. The summed E-state index contributed by atoms with van der Waals surface area (Å²) in [5.41, 5.74) is 2.11. The van der Waals surface area contributed by atoms with Crippen LogP contribution < -0.4 is 5.32 Å². The first-order valence-corrected chi connectivity index (χ1v) is 7.59. The smallest absolute Gasteiger partial charge is 0.224 e. The molecule has 1 N–H and O–H groups in total. The Hall–Kier alpha value is -1.31. The van der Waals surface area contributed by atoms with E-state index in [4.69, 9.17) is 0 Å². The minimum absolute atomic E-state index is 0.136. The van der Waals surface area contributed by atoms with Crippen LogP contribution >= 0.6 is 0 Å². The fraction of sp³-hybridized carbons (Fsp3) is 0.588. The van der Waals surface area contributed by atoms with Crippen molar-refractivity contribution in [2.24, 2.45) is 0 Å². The van der Waals surface area contributed by atoms with Crippen molar-refractivity contribution in [1.29, 1.82) is 0 Å². The Bertz CT molecular complexity index is 356. The van der Waals surface area contributed by atoms with Gasteiger partial charge in [0, 0.05) is 12.1 Å². The van der Waals surface area contributed by atoms with Crippen molar-refractivity contribution in [3.05, 3.63) is 29.8 Å². The van der Waals surface area contributed by atoms with Crippen LogP contribution in [0.5, 0.6) is 0 Å². The van der Waals surface area contributed by atoms with E-state index in [0.717, 1.165) is 12.1 Å². The highest BCUT2D eigenvalue weighted by Crippen LogP contribution is 2.11. The molecule has 0 unspecified atom stereocenters. The van der Waals surface area contributed by atoms with Gasteiger partial charge in [-0.25, -0.2) is 0 Å². The third-order valence-corrected chi connectivity index (χ3v) is 3.34. The van der Waals surface area contributed by atoms with Gasteiger partial charge in [0.15, 0.2) is 0 Å². The number of hydrogen-bond donors (Lipinski definition) is 1. The van der Waals surface area contributed by atoms with E-state index in [9.17, 15) is 4.79 Å². The number of aryl methyl sites for hydroxylation is 1. The summed E-state index contributed by atoms with van der Waals surface area (Å²) in [6, 6.07) is 7.95. The normalized spacial score (nSPS) is 10.4. The summed E-state index contributed by atoms with van der Waals surface area (Å²) < 4.78 is 0. The number of hydrogen-bond acceptors (Lipinski definition) is 1. The first-order valence-electron chi connectivity index (χ1n) is 7.59. The maximum absolute atomic E-state index is 11.7. The van der Waals surface area contributed by atoms with Gasteiger partial charge in [0.1, 0.15) is 0 Å². The molecule has 0 aliphatic heterocycles. The molecule has 0 fully saturated rings. The molecule has 0 radical (unpaired) electrons. The lowest BCUT2D eigenvalue weighted by atomic mass is 10.1. The quantitative estimate of drug-likeness (QED) is 0.617. The Balaban J connectivity index is 2.06. The fourth-order valence-corrected chi connectivity index (χ4v) is 2.10. The van der Waals surface area contributed by atoms with Crippen molar-refractivity contribution in [3.8, 4) is 0 Å². The predicted molar refractivity (Wildman–Crippen MR) is 82.4 cm³/mol. The van der Waals surface area contributed by atoms with Gasteiger partial charge in [-0.05, 0) is 25.5 Å². The SMILES string of the molecule is CCCCCCCCCC(=O)Nc1ccc(C)cc1. The number of nitrogens with one attached hydrogen (secondary N) is 1. The van der Waals surface area contributed by atoms with E-state index < -0.39 is 0 Å². The maximum Gasteiger partial charge on any atom is 0.224 e. The summed E-state index contributed by atoms with van der Waals surface area (Å²) in [6.07, 6.45) is 9.36. The Morgan fingerprint density at radius 1 is 0.947 bits per heavy atom. The molecule has 0 atom stereocenters. The van der Waals surface area contributed by atoms with Crippen LogP contribution in [0, 0.1) is 6.92 Å². The van der Waals surface area contributed by atoms with Crippen molar-refractivity contribution < 1.29 is 4.79 Å². The predicted octanol–water partition coefficient (Wildman–Crippen LogP) is 5.07. The lowest BCUT2D eigenvalue weighted by Gasteiger charge is -2.05. The highest BCUT2D eigenvalue weighted by molar-refractivity contribution is 5.90. The van der Waals surface area contributed by atoms with Crippen molar-refractivity contribution in [3.63, 3.8) is 0 Å². The van der Waals surface area contributed by atoms with Crippen LogP contribution in [0.2, 0.25) is 0 Å². The molecule has 0 aliphatic carbocycles. The second-order valence-corrected chi connectivity index (χ2v) is 5.29. The molecular formula is C17H27NO. The second-order valence-electron chi connectivity index (χ2n) is 5.29. The minimum Gasteiger partial charge on any atom is -0.326 e. The highest BCUT2D eigenvalue weighted by atomic mass is 16.1. The molecule has 0 bridgehead atoms. The van der Waals surface area contributed by atoms with E-state index in [1.54, 1.807) is 0 Å². The van der Waals surface area contributed by atoms with E-state index >= 15 is 0 Å². The van der Waals surface area contributed by atoms with Gasteiger partial charge in [-0.15, -0.1) is 0 Å². The van der Waals surface area contributed by atoms with Crippen LogP contribution in [0.25, 0.3) is 0 Å². The largest absolute Gasteiger partial charge is 0.326 e. The summed E-state index contributed by atoms with van der Waals surface area (Å²) >= 11 is 0. The monoisotopic (exact) mass is 261 g/mol. The zero-order valence-corrected chi connectivity index (χ0v) is 12.4. The van der Waals surface area contributed by atoms with Gasteiger partial charge in [-0.2, -0.15) is 0 Å². The van der Waals surface area contributed by atoms with Gasteiger partial charge in [-0.3, -0.25) is 4.79 Å². The van der Waals surface area contributed by atoms with Crippen LogP contribution in [-0.4, -0.2) is 5.91 Å². The van der Waals surface area contributed by atoms with Gasteiger partial charge in [-0.1, -0.05) is 63.1 Å². The van der Waals surface area contributed by atoms with Crippen LogP contribution in [0.1, 0.15) is 63.9 Å². The Labute approximate surface area is 117 Å². The molecule has 2 nitrogen and oxygen atoms in total. The molecule has 1 rings (SSSR count). The molecule has 2 heteroatoms. The van der Waals surface area contributed by atoms with E-state index in [1.807, 2.05) is 31.2 Å². The van der Waals surface area contributed by atoms with Crippen molar-refractivity contribution in [2.75, 3.05) is 5.32 Å². The Morgan fingerprint density at radius 2 is 1.53 bits per heavy atom. The van der Waals surface area contributed by atoms with Gasteiger partial charge >= 0.3 is 0 Å². The lowest BCUT2D eigenvalue weighted by Crippen LogP contribution is -2.10. The van der Waals surface area contributed by atoms with E-state index in [1.165, 1.54) is 44.1 Å². The number of anilines is 1. The molecule has 0 saturated heterocycles. The Kier molecular flexibility index (Phi) is 7.95. The molecular weight excluding hydrogens is 234 g/mol. The standard InChI is InChI=1S/C17H27NO/c1-3-4-5-6-7-8-9-10-17(19)18-16-13-11-15(2)12-14-16/h11-14H,3-10H2,1-2H3,(H,18,19). The first-order chi connectivity index (χ1) is 9.22. The average Bonchev–Trinajstić information content (AvgIpc) is 2.40. The molecule has 0 aliphatic rings. The van der Waals surface area contributed by atoms with Gasteiger partial charge < -0.3 is 5.32 Å².